The van der Waals surface area contributed by atoms with Crippen molar-refractivity contribution in [2.45, 2.75) is 6.92 Å². The van der Waals surface area contributed by atoms with Gasteiger partial charge in [-0.15, -0.1) is 0 Å². The molecule has 138 valence electrons. The van der Waals surface area contributed by atoms with E-state index in [1.54, 1.807) is 19.1 Å². The zero-order valence-corrected chi connectivity index (χ0v) is 14.5. The molecule has 28 heavy (non-hydrogen) atoms. The van der Waals surface area contributed by atoms with Crippen LogP contribution < -0.4 is 4.90 Å². The number of hydrogen-bond donors (Lipinski definition) is 1. The molecule has 0 aliphatic carbocycles. The van der Waals surface area contributed by atoms with Crippen molar-refractivity contribution >= 4 is 39.9 Å². The summed E-state index contributed by atoms with van der Waals surface area (Å²) in [5.41, 5.74) is 0.557. The van der Waals surface area contributed by atoms with Crippen LogP contribution in [0, 0.1) is 17.0 Å². The van der Waals surface area contributed by atoms with Gasteiger partial charge in [0.05, 0.1) is 21.7 Å². The maximum absolute atomic E-state index is 13.2. The van der Waals surface area contributed by atoms with Crippen molar-refractivity contribution in [3.63, 3.8) is 0 Å². The second-order valence-corrected chi connectivity index (χ2v) is 6.41. The Bertz CT molecular complexity index is 1230. The van der Waals surface area contributed by atoms with Crippen LogP contribution in [0.15, 0.2) is 48.5 Å². The molecular formula is C20H12N2O6. The molecular weight excluding hydrogens is 364 g/mol. The molecule has 3 aromatic rings. The number of hydrogen-bond acceptors (Lipinski definition) is 5. The fourth-order valence-corrected chi connectivity index (χ4v) is 3.40. The van der Waals surface area contributed by atoms with Gasteiger partial charge in [0, 0.05) is 23.1 Å². The minimum atomic E-state index is -1.20. The molecule has 0 atom stereocenters. The molecule has 0 fully saturated rings. The number of benzene rings is 3. The van der Waals surface area contributed by atoms with Crippen LogP contribution in [0.5, 0.6) is 0 Å². The molecule has 0 saturated heterocycles. The molecule has 0 radical (unpaired) electrons. The Morgan fingerprint density at radius 3 is 2.43 bits per heavy atom. The fraction of sp³-hybridized carbons (Fsp3) is 0.0500. The third kappa shape index (κ3) is 2.43. The van der Waals surface area contributed by atoms with Crippen molar-refractivity contribution < 1.29 is 24.4 Å². The van der Waals surface area contributed by atoms with Gasteiger partial charge in [-0.05, 0) is 36.1 Å². The molecule has 1 heterocycles. The van der Waals surface area contributed by atoms with Gasteiger partial charge in [-0.1, -0.05) is 18.2 Å². The Kier molecular flexibility index (Phi) is 3.71. The largest absolute Gasteiger partial charge is 0.478 e. The lowest BCUT2D eigenvalue weighted by Crippen LogP contribution is -2.41. The monoisotopic (exact) mass is 376 g/mol. The minimum absolute atomic E-state index is 0.0273. The highest BCUT2D eigenvalue weighted by atomic mass is 16.6. The summed E-state index contributed by atoms with van der Waals surface area (Å²) in [6.07, 6.45) is 0. The summed E-state index contributed by atoms with van der Waals surface area (Å²) < 4.78 is 0. The maximum atomic E-state index is 13.2. The molecule has 0 unspecified atom stereocenters. The predicted octanol–water partition coefficient (Wildman–Crippen LogP) is 3.56. The van der Waals surface area contributed by atoms with Crippen molar-refractivity contribution in [2.75, 3.05) is 4.90 Å². The second-order valence-electron chi connectivity index (χ2n) is 6.41. The maximum Gasteiger partial charge on any atom is 0.335 e. The first-order valence-electron chi connectivity index (χ1n) is 8.23. The highest BCUT2D eigenvalue weighted by Crippen LogP contribution is 2.36. The van der Waals surface area contributed by atoms with Crippen LogP contribution in [0.25, 0.3) is 10.8 Å². The van der Waals surface area contributed by atoms with E-state index in [4.69, 9.17) is 0 Å². The number of aryl methyl sites for hydroxylation is 1. The number of nitrogens with zero attached hydrogens (tertiary/aromatic N) is 2. The summed E-state index contributed by atoms with van der Waals surface area (Å²) in [6.45, 7) is 1.64. The summed E-state index contributed by atoms with van der Waals surface area (Å²) in [5.74, 6) is -2.54. The zero-order valence-electron chi connectivity index (χ0n) is 14.5. The number of nitro groups is 1. The SMILES string of the molecule is Cc1ccc(C(=O)O)cc1N1C(=O)c2cccc3cc([N+](=O)[O-])cc(c23)C1=O. The van der Waals surface area contributed by atoms with Crippen molar-refractivity contribution in [1.29, 1.82) is 0 Å². The first kappa shape index (κ1) is 17.3. The van der Waals surface area contributed by atoms with E-state index in [0.29, 0.717) is 16.3 Å². The number of anilines is 1. The van der Waals surface area contributed by atoms with Crippen LogP contribution in [0.4, 0.5) is 11.4 Å². The fourth-order valence-electron chi connectivity index (χ4n) is 3.40. The van der Waals surface area contributed by atoms with E-state index in [1.807, 2.05) is 0 Å². The summed E-state index contributed by atoms with van der Waals surface area (Å²) in [6, 6.07) is 11.3. The van der Waals surface area contributed by atoms with E-state index < -0.39 is 22.7 Å². The van der Waals surface area contributed by atoms with Gasteiger partial charge in [0.2, 0.25) is 0 Å². The van der Waals surface area contributed by atoms with E-state index in [2.05, 4.69) is 0 Å². The van der Waals surface area contributed by atoms with Crippen molar-refractivity contribution in [3.8, 4) is 0 Å². The topological polar surface area (TPSA) is 118 Å². The van der Waals surface area contributed by atoms with Crippen LogP contribution in [-0.4, -0.2) is 27.8 Å². The van der Waals surface area contributed by atoms with Gasteiger partial charge in [-0.25, -0.2) is 9.69 Å². The van der Waals surface area contributed by atoms with Gasteiger partial charge in [0.15, 0.2) is 0 Å². The molecule has 8 nitrogen and oxygen atoms in total. The highest BCUT2D eigenvalue weighted by Gasteiger charge is 2.36. The summed E-state index contributed by atoms with van der Waals surface area (Å²) >= 11 is 0. The number of aromatic carboxylic acids is 1. The molecule has 1 N–H and O–H groups in total. The van der Waals surface area contributed by atoms with Gasteiger partial charge < -0.3 is 5.11 Å². The highest BCUT2D eigenvalue weighted by molar-refractivity contribution is 6.36. The number of imide groups is 1. The average Bonchev–Trinajstić information content (AvgIpc) is 2.66. The lowest BCUT2D eigenvalue weighted by Gasteiger charge is -2.28. The molecule has 0 saturated carbocycles. The molecule has 0 aromatic heterocycles. The summed E-state index contributed by atoms with van der Waals surface area (Å²) in [7, 11) is 0. The number of rotatable bonds is 3. The Balaban J connectivity index is 2.00. The molecule has 0 bridgehead atoms. The molecule has 8 heteroatoms. The number of non-ortho nitro benzene ring substituents is 1. The molecule has 1 aliphatic rings. The van der Waals surface area contributed by atoms with Crippen LogP contribution in [0.2, 0.25) is 0 Å². The zero-order chi connectivity index (χ0) is 20.2. The number of nitro benzene ring substituents is 1. The Labute approximate surface area is 157 Å². The van der Waals surface area contributed by atoms with E-state index in [9.17, 15) is 29.6 Å². The van der Waals surface area contributed by atoms with Crippen LogP contribution in [0.3, 0.4) is 0 Å². The summed E-state index contributed by atoms with van der Waals surface area (Å²) in [4.78, 5) is 49.1. The van der Waals surface area contributed by atoms with E-state index in [-0.39, 0.29) is 28.1 Å². The van der Waals surface area contributed by atoms with Gasteiger partial charge in [-0.3, -0.25) is 19.7 Å². The van der Waals surface area contributed by atoms with Crippen molar-refractivity contribution in [2.24, 2.45) is 0 Å². The van der Waals surface area contributed by atoms with Gasteiger partial charge in [-0.2, -0.15) is 0 Å². The number of amides is 2. The number of carbonyl (C=O) groups excluding carboxylic acids is 2. The molecule has 1 aliphatic heterocycles. The first-order chi connectivity index (χ1) is 13.3. The quantitative estimate of drug-likeness (QED) is 0.424. The van der Waals surface area contributed by atoms with Gasteiger partial charge in [0.1, 0.15) is 0 Å². The lowest BCUT2D eigenvalue weighted by atomic mass is 9.92. The van der Waals surface area contributed by atoms with Crippen molar-refractivity contribution in [3.05, 3.63) is 80.9 Å². The van der Waals surface area contributed by atoms with Crippen LogP contribution >= 0.6 is 0 Å². The molecule has 4 rings (SSSR count). The van der Waals surface area contributed by atoms with E-state index in [0.717, 1.165) is 11.0 Å². The number of carboxylic acids is 1. The minimum Gasteiger partial charge on any atom is -0.478 e. The van der Waals surface area contributed by atoms with Gasteiger partial charge in [0.25, 0.3) is 17.5 Å². The number of carbonyl (C=O) groups is 3. The second kappa shape index (κ2) is 5.98. The Morgan fingerprint density at radius 2 is 1.75 bits per heavy atom. The summed E-state index contributed by atoms with van der Waals surface area (Å²) in [5, 5.41) is 21.3. The van der Waals surface area contributed by atoms with Crippen LogP contribution in [-0.2, 0) is 0 Å². The predicted molar refractivity (Wildman–Crippen MR) is 99.9 cm³/mol. The van der Waals surface area contributed by atoms with Crippen LogP contribution in [0.1, 0.15) is 36.6 Å². The Morgan fingerprint density at radius 1 is 1.04 bits per heavy atom. The Hall–Kier alpha value is -4.07. The molecule has 2 amide bonds. The number of carboxylic acid groups (broad SMARTS) is 1. The normalized spacial score (nSPS) is 13.1. The van der Waals surface area contributed by atoms with E-state index in [1.165, 1.54) is 30.3 Å². The van der Waals surface area contributed by atoms with Gasteiger partial charge >= 0.3 is 5.97 Å². The molecule has 3 aromatic carbocycles. The smallest absolute Gasteiger partial charge is 0.335 e. The third-order valence-electron chi connectivity index (χ3n) is 4.74. The standard InChI is InChI=1S/C20H12N2O6/c1-10-5-6-12(20(25)26)8-16(10)21-18(23)14-4-2-3-11-7-13(22(27)28)9-15(17(11)14)19(21)24/h2-9H,1H3,(H,25,26). The lowest BCUT2D eigenvalue weighted by molar-refractivity contribution is -0.384. The van der Waals surface area contributed by atoms with E-state index >= 15 is 0 Å². The average molecular weight is 376 g/mol. The molecule has 0 spiro atoms. The third-order valence-corrected chi connectivity index (χ3v) is 4.74. The van der Waals surface area contributed by atoms with Crippen molar-refractivity contribution in [1.82, 2.24) is 0 Å². The first-order valence-corrected chi connectivity index (χ1v) is 8.23.